The monoisotopic (exact) mass is 411 g/mol. The zero-order valence-electron chi connectivity index (χ0n) is 19.1. The predicted octanol–water partition coefficient (Wildman–Crippen LogP) is 3.49. The lowest BCUT2D eigenvalue weighted by Crippen LogP contribution is -2.39. The number of piperidine rings is 1. The van der Waals surface area contributed by atoms with Crippen molar-refractivity contribution < 1.29 is 0 Å². The SMILES string of the molecule is CCCCNC(=NCc1nnc(C)n1C)N(C)Cc1ccc(N2CCCCC2)cc1. The summed E-state index contributed by atoms with van der Waals surface area (Å²) in [4.78, 5) is 9.52. The molecule has 0 radical (unpaired) electrons. The lowest BCUT2D eigenvalue weighted by molar-refractivity contribution is 0.472. The van der Waals surface area contributed by atoms with Crippen molar-refractivity contribution in [2.45, 2.75) is 59.0 Å². The van der Waals surface area contributed by atoms with E-state index < -0.39 is 0 Å². The molecule has 1 fully saturated rings. The average Bonchev–Trinajstić information content (AvgIpc) is 3.09. The van der Waals surface area contributed by atoms with Gasteiger partial charge < -0.3 is 19.7 Å². The van der Waals surface area contributed by atoms with E-state index in [1.807, 2.05) is 18.5 Å². The second-order valence-corrected chi connectivity index (χ2v) is 8.21. The summed E-state index contributed by atoms with van der Waals surface area (Å²) in [5.41, 5.74) is 2.63. The lowest BCUT2D eigenvalue weighted by Gasteiger charge is -2.29. The number of nitrogens with zero attached hydrogens (tertiary/aromatic N) is 6. The molecule has 0 spiro atoms. The minimum Gasteiger partial charge on any atom is -0.372 e. The largest absolute Gasteiger partial charge is 0.372 e. The number of rotatable bonds is 8. The van der Waals surface area contributed by atoms with Gasteiger partial charge in [0.05, 0.1) is 0 Å². The van der Waals surface area contributed by atoms with Crippen LogP contribution in [0.2, 0.25) is 0 Å². The van der Waals surface area contributed by atoms with E-state index in [9.17, 15) is 0 Å². The van der Waals surface area contributed by atoms with Gasteiger partial charge in [-0.05, 0) is 50.3 Å². The number of hydrogen-bond donors (Lipinski definition) is 1. The van der Waals surface area contributed by atoms with Crippen molar-refractivity contribution >= 4 is 11.6 Å². The Morgan fingerprint density at radius 2 is 1.87 bits per heavy atom. The number of aromatic nitrogens is 3. The van der Waals surface area contributed by atoms with E-state index in [-0.39, 0.29) is 0 Å². The van der Waals surface area contributed by atoms with Gasteiger partial charge in [0.15, 0.2) is 11.8 Å². The molecule has 1 aromatic carbocycles. The fraction of sp³-hybridized carbons (Fsp3) is 0.609. The highest BCUT2D eigenvalue weighted by Gasteiger charge is 2.12. The minimum absolute atomic E-state index is 0.518. The maximum absolute atomic E-state index is 4.83. The van der Waals surface area contributed by atoms with Crippen LogP contribution in [0.1, 0.15) is 56.2 Å². The van der Waals surface area contributed by atoms with Gasteiger partial charge in [0.25, 0.3) is 0 Å². The maximum Gasteiger partial charge on any atom is 0.194 e. The topological polar surface area (TPSA) is 61.6 Å². The number of nitrogens with one attached hydrogen (secondary N) is 1. The Balaban J connectivity index is 1.64. The molecule has 1 aliphatic heterocycles. The summed E-state index contributed by atoms with van der Waals surface area (Å²) < 4.78 is 1.99. The first kappa shape index (κ1) is 22.1. The molecule has 1 saturated heterocycles. The molecule has 0 amide bonds. The Kier molecular flexibility index (Phi) is 8.11. The molecule has 7 nitrogen and oxygen atoms in total. The van der Waals surface area contributed by atoms with Crippen molar-refractivity contribution in [3.8, 4) is 0 Å². The molecule has 1 N–H and O–H groups in total. The van der Waals surface area contributed by atoms with Crippen LogP contribution in [0.3, 0.4) is 0 Å². The van der Waals surface area contributed by atoms with Crippen molar-refractivity contribution in [2.75, 3.05) is 31.6 Å². The Labute approximate surface area is 181 Å². The fourth-order valence-electron chi connectivity index (χ4n) is 3.74. The third-order valence-electron chi connectivity index (χ3n) is 5.81. The predicted molar refractivity (Wildman–Crippen MR) is 124 cm³/mol. The zero-order valence-corrected chi connectivity index (χ0v) is 19.1. The van der Waals surface area contributed by atoms with Gasteiger partial charge in [-0.15, -0.1) is 10.2 Å². The Morgan fingerprint density at radius 3 is 2.50 bits per heavy atom. The molecule has 0 bridgehead atoms. The molecule has 0 unspecified atom stereocenters. The molecule has 0 atom stereocenters. The van der Waals surface area contributed by atoms with E-state index in [0.717, 1.165) is 43.5 Å². The second-order valence-electron chi connectivity index (χ2n) is 8.21. The molecule has 1 aromatic heterocycles. The highest BCUT2D eigenvalue weighted by atomic mass is 15.3. The highest BCUT2D eigenvalue weighted by molar-refractivity contribution is 5.79. The molecular formula is C23H37N7. The molecule has 164 valence electrons. The Morgan fingerprint density at radius 1 is 1.13 bits per heavy atom. The quantitative estimate of drug-likeness (QED) is 0.409. The second kappa shape index (κ2) is 11.0. The van der Waals surface area contributed by atoms with Crippen molar-refractivity contribution in [3.63, 3.8) is 0 Å². The van der Waals surface area contributed by atoms with Crippen LogP contribution in [0.15, 0.2) is 29.3 Å². The molecule has 0 saturated carbocycles. The lowest BCUT2D eigenvalue weighted by atomic mass is 10.1. The number of guanidine groups is 1. The first-order valence-corrected chi connectivity index (χ1v) is 11.3. The van der Waals surface area contributed by atoms with Gasteiger partial charge in [-0.3, -0.25) is 0 Å². The first-order valence-electron chi connectivity index (χ1n) is 11.3. The molecule has 2 aromatic rings. The smallest absolute Gasteiger partial charge is 0.194 e. The summed E-state index contributed by atoms with van der Waals surface area (Å²) in [5, 5.41) is 11.9. The van der Waals surface area contributed by atoms with Crippen molar-refractivity contribution in [3.05, 3.63) is 41.5 Å². The average molecular weight is 412 g/mol. The maximum atomic E-state index is 4.83. The van der Waals surface area contributed by atoms with Crippen molar-refractivity contribution in [1.29, 1.82) is 0 Å². The molecule has 0 aliphatic carbocycles. The summed E-state index contributed by atoms with van der Waals surface area (Å²) in [6, 6.07) is 9.02. The number of unbranched alkanes of at least 4 members (excludes halogenated alkanes) is 1. The number of anilines is 1. The normalized spacial score (nSPS) is 14.8. The van der Waals surface area contributed by atoms with Crippen LogP contribution in [-0.4, -0.2) is 52.3 Å². The van der Waals surface area contributed by atoms with Crippen LogP contribution in [0.4, 0.5) is 5.69 Å². The number of benzene rings is 1. The van der Waals surface area contributed by atoms with Crippen LogP contribution in [0, 0.1) is 6.92 Å². The van der Waals surface area contributed by atoms with Gasteiger partial charge in [-0.25, -0.2) is 4.99 Å². The summed E-state index contributed by atoms with van der Waals surface area (Å²) in [7, 11) is 4.08. The molecule has 30 heavy (non-hydrogen) atoms. The van der Waals surface area contributed by atoms with Crippen LogP contribution in [-0.2, 0) is 20.1 Å². The number of hydrogen-bond acceptors (Lipinski definition) is 4. The van der Waals surface area contributed by atoms with Crippen LogP contribution >= 0.6 is 0 Å². The standard InChI is InChI=1S/C23H37N7/c1-5-6-14-24-23(25-17-22-27-26-19(2)29(22)4)28(3)18-20-10-12-21(13-11-20)30-15-8-7-9-16-30/h10-13H,5-9,14-18H2,1-4H3,(H,24,25). The first-order chi connectivity index (χ1) is 14.6. The molecule has 3 rings (SSSR count). The van der Waals surface area contributed by atoms with Gasteiger partial charge in [0, 0.05) is 46.0 Å². The third kappa shape index (κ3) is 5.97. The van der Waals surface area contributed by atoms with E-state index in [2.05, 4.69) is 63.6 Å². The molecular weight excluding hydrogens is 374 g/mol. The van der Waals surface area contributed by atoms with Gasteiger partial charge in [0.2, 0.25) is 0 Å². The van der Waals surface area contributed by atoms with E-state index in [4.69, 9.17) is 4.99 Å². The summed E-state index contributed by atoms with van der Waals surface area (Å²) in [6.45, 7) is 8.78. The number of aliphatic imine (C=N–C) groups is 1. The van der Waals surface area contributed by atoms with E-state index in [1.54, 1.807) is 0 Å². The van der Waals surface area contributed by atoms with E-state index in [0.29, 0.717) is 6.54 Å². The minimum atomic E-state index is 0.518. The van der Waals surface area contributed by atoms with Crippen LogP contribution in [0.25, 0.3) is 0 Å². The van der Waals surface area contributed by atoms with Gasteiger partial charge in [0.1, 0.15) is 12.4 Å². The van der Waals surface area contributed by atoms with Gasteiger partial charge >= 0.3 is 0 Å². The van der Waals surface area contributed by atoms with Crippen molar-refractivity contribution in [2.24, 2.45) is 12.0 Å². The third-order valence-corrected chi connectivity index (χ3v) is 5.81. The summed E-state index contributed by atoms with van der Waals surface area (Å²) >= 11 is 0. The fourth-order valence-corrected chi connectivity index (χ4v) is 3.74. The van der Waals surface area contributed by atoms with Crippen LogP contribution < -0.4 is 10.2 Å². The Bertz CT molecular complexity index is 803. The zero-order chi connectivity index (χ0) is 21.3. The van der Waals surface area contributed by atoms with E-state index in [1.165, 1.54) is 43.6 Å². The van der Waals surface area contributed by atoms with Gasteiger partial charge in [-0.1, -0.05) is 25.5 Å². The van der Waals surface area contributed by atoms with Crippen LogP contribution in [0.5, 0.6) is 0 Å². The Hall–Kier alpha value is -2.57. The van der Waals surface area contributed by atoms with Crippen molar-refractivity contribution in [1.82, 2.24) is 25.0 Å². The molecule has 7 heteroatoms. The molecule has 1 aliphatic rings. The molecule has 2 heterocycles. The summed E-state index contributed by atoms with van der Waals surface area (Å²) in [6.07, 6.45) is 6.25. The summed E-state index contributed by atoms with van der Waals surface area (Å²) in [5.74, 6) is 2.69. The highest BCUT2D eigenvalue weighted by Crippen LogP contribution is 2.20. The van der Waals surface area contributed by atoms with E-state index >= 15 is 0 Å². The number of aryl methyl sites for hydroxylation is 1. The van der Waals surface area contributed by atoms with Gasteiger partial charge in [-0.2, -0.15) is 0 Å².